The molecular formula is C17H22N4O2. The van der Waals surface area contributed by atoms with Crippen LogP contribution in [-0.2, 0) is 0 Å². The molecule has 0 fully saturated rings. The first-order valence-corrected chi connectivity index (χ1v) is 7.52. The predicted molar refractivity (Wildman–Crippen MR) is 89.1 cm³/mol. The van der Waals surface area contributed by atoms with Crippen LogP contribution in [0.15, 0.2) is 24.3 Å². The number of H-pyrrole nitrogens is 1. The molecule has 2 amide bonds. The molecule has 2 aromatic rings. The van der Waals surface area contributed by atoms with E-state index in [4.69, 9.17) is 5.73 Å². The first kappa shape index (κ1) is 16.7. The van der Waals surface area contributed by atoms with E-state index in [1.54, 1.807) is 43.1 Å². The van der Waals surface area contributed by atoms with Gasteiger partial charge >= 0.3 is 0 Å². The number of nitrogens with zero attached hydrogens (tertiary/aromatic N) is 2. The lowest BCUT2D eigenvalue weighted by atomic mass is 10.1. The average Bonchev–Trinajstić information content (AvgIpc) is 2.87. The monoisotopic (exact) mass is 314 g/mol. The van der Waals surface area contributed by atoms with Crippen LogP contribution in [0.25, 0.3) is 11.3 Å². The highest BCUT2D eigenvalue weighted by atomic mass is 16.2. The van der Waals surface area contributed by atoms with Gasteiger partial charge in [-0.15, -0.1) is 0 Å². The van der Waals surface area contributed by atoms with Gasteiger partial charge in [-0.05, 0) is 25.0 Å². The quantitative estimate of drug-likeness (QED) is 0.886. The van der Waals surface area contributed by atoms with E-state index in [0.29, 0.717) is 35.2 Å². The van der Waals surface area contributed by atoms with Crippen LogP contribution in [0.1, 0.15) is 40.5 Å². The van der Waals surface area contributed by atoms with E-state index >= 15 is 0 Å². The van der Waals surface area contributed by atoms with Crippen molar-refractivity contribution in [1.82, 2.24) is 14.9 Å². The molecule has 6 nitrogen and oxygen atoms in total. The molecule has 23 heavy (non-hydrogen) atoms. The van der Waals surface area contributed by atoms with Gasteiger partial charge in [-0.1, -0.05) is 26.0 Å². The lowest BCUT2D eigenvalue weighted by Crippen LogP contribution is -2.30. The van der Waals surface area contributed by atoms with Crippen LogP contribution in [0.3, 0.4) is 0 Å². The smallest absolute Gasteiger partial charge is 0.272 e. The number of benzene rings is 1. The average molecular weight is 314 g/mol. The van der Waals surface area contributed by atoms with Gasteiger partial charge in [-0.25, -0.2) is 4.98 Å². The van der Waals surface area contributed by atoms with Gasteiger partial charge in [-0.2, -0.15) is 0 Å². The van der Waals surface area contributed by atoms with Crippen LogP contribution < -0.4 is 5.73 Å². The largest absolute Gasteiger partial charge is 0.366 e. The number of hydrogen-bond donors (Lipinski definition) is 2. The number of carbonyl (C=O) groups excluding carboxylic acids is 2. The summed E-state index contributed by atoms with van der Waals surface area (Å²) in [4.78, 5) is 32.9. The third kappa shape index (κ3) is 3.77. The van der Waals surface area contributed by atoms with Crippen molar-refractivity contribution < 1.29 is 9.59 Å². The number of imidazole rings is 1. The molecule has 0 aliphatic rings. The Balaban J connectivity index is 2.37. The molecule has 1 heterocycles. The molecule has 3 N–H and O–H groups in total. The number of nitrogens with one attached hydrogen (secondary N) is 1. The van der Waals surface area contributed by atoms with Crippen LogP contribution in [0, 0.1) is 12.8 Å². The van der Waals surface area contributed by atoms with Gasteiger partial charge < -0.3 is 15.6 Å². The maximum atomic E-state index is 12.6. The molecule has 0 saturated carbocycles. The van der Waals surface area contributed by atoms with Crippen molar-refractivity contribution in [3.63, 3.8) is 0 Å². The molecule has 0 unspecified atom stereocenters. The van der Waals surface area contributed by atoms with Crippen LogP contribution in [0.5, 0.6) is 0 Å². The summed E-state index contributed by atoms with van der Waals surface area (Å²) < 4.78 is 0. The van der Waals surface area contributed by atoms with Gasteiger partial charge in [0.2, 0.25) is 5.91 Å². The molecule has 0 radical (unpaired) electrons. The topological polar surface area (TPSA) is 92.1 Å². The number of aromatic amines is 1. The number of amides is 2. The number of rotatable bonds is 5. The van der Waals surface area contributed by atoms with Crippen molar-refractivity contribution in [3.05, 3.63) is 41.3 Å². The number of aryl methyl sites for hydroxylation is 1. The first-order valence-electron chi connectivity index (χ1n) is 7.52. The molecule has 0 bridgehead atoms. The second-order valence-electron chi connectivity index (χ2n) is 6.07. The minimum Gasteiger partial charge on any atom is -0.366 e. The third-order valence-corrected chi connectivity index (χ3v) is 3.46. The van der Waals surface area contributed by atoms with Crippen molar-refractivity contribution in [2.24, 2.45) is 11.7 Å². The third-order valence-electron chi connectivity index (χ3n) is 3.46. The standard InChI is InChI=1S/C17H22N4O2/c1-10(2)9-21(4)17(23)15-14(19-11(3)20-15)12-5-7-13(8-6-12)16(18)22/h5-8,10H,9H2,1-4H3,(H2,18,22)(H,19,20). The SMILES string of the molecule is Cc1nc(-c2ccc(C(N)=O)cc2)c(C(=O)N(C)CC(C)C)[nH]1. The van der Waals surface area contributed by atoms with E-state index in [0.717, 1.165) is 5.56 Å². The Morgan fingerprint density at radius 3 is 2.39 bits per heavy atom. The van der Waals surface area contributed by atoms with E-state index in [-0.39, 0.29) is 5.91 Å². The van der Waals surface area contributed by atoms with Crippen molar-refractivity contribution in [3.8, 4) is 11.3 Å². The van der Waals surface area contributed by atoms with E-state index in [2.05, 4.69) is 23.8 Å². The summed E-state index contributed by atoms with van der Waals surface area (Å²) in [5, 5.41) is 0. The van der Waals surface area contributed by atoms with E-state index in [1.807, 2.05) is 0 Å². The molecule has 0 spiro atoms. The van der Waals surface area contributed by atoms with Gasteiger partial charge in [0, 0.05) is 24.7 Å². The minimum atomic E-state index is -0.484. The Bertz CT molecular complexity index is 717. The highest BCUT2D eigenvalue weighted by Crippen LogP contribution is 2.23. The number of nitrogens with two attached hydrogens (primary N) is 1. The van der Waals surface area contributed by atoms with Crippen LogP contribution in [-0.4, -0.2) is 40.3 Å². The molecule has 1 aromatic carbocycles. The molecule has 0 saturated heterocycles. The lowest BCUT2D eigenvalue weighted by Gasteiger charge is -2.19. The van der Waals surface area contributed by atoms with Gasteiger partial charge in [0.15, 0.2) is 0 Å². The van der Waals surface area contributed by atoms with Crippen molar-refractivity contribution in [2.75, 3.05) is 13.6 Å². The van der Waals surface area contributed by atoms with Crippen molar-refractivity contribution in [2.45, 2.75) is 20.8 Å². The Kier molecular flexibility index (Phi) is 4.83. The maximum absolute atomic E-state index is 12.6. The Labute approximate surface area is 135 Å². The second kappa shape index (κ2) is 6.64. The lowest BCUT2D eigenvalue weighted by molar-refractivity contribution is 0.0774. The van der Waals surface area contributed by atoms with Crippen LogP contribution in [0.4, 0.5) is 0 Å². The first-order chi connectivity index (χ1) is 10.8. The predicted octanol–water partition coefficient (Wildman–Crippen LogP) is 2.21. The molecular weight excluding hydrogens is 292 g/mol. The number of primary amides is 1. The van der Waals surface area contributed by atoms with Crippen molar-refractivity contribution >= 4 is 11.8 Å². The Morgan fingerprint density at radius 1 is 1.26 bits per heavy atom. The zero-order chi connectivity index (χ0) is 17.1. The zero-order valence-electron chi connectivity index (χ0n) is 13.9. The fourth-order valence-electron chi connectivity index (χ4n) is 2.47. The summed E-state index contributed by atoms with van der Waals surface area (Å²) in [6.07, 6.45) is 0. The van der Waals surface area contributed by atoms with Crippen LogP contribution in [0.2, 0.25) is 0 Å². The minimum absolute atomic E-state index is 0.103. The maximum Gasteiger partial charge on any atom is 0.272 e. The van der Waals surface area contributed by atoms with Gasteiger partial charge in [0.1, 0.15) is 17.2 Å². The van der Waals surface area contributed by atoms with Crippen molar-refractivity contribution in [1.29, 1.82) is 0 Å². The molecule has 2 rings (SSSR count). The fraction of sp³-hybridized carbons (Fsp3) is 0.353. The Morgan fingerprint density at radius 2 is 1.87 bits per heavy atom. The molecule has 0 atom stereocenters. The molecule has 0 aliphatic carbocycles. The number of aromatic nitrogens is 2. The van der Waals surface area contributed by atoms with E-state index in [9.17, 15) is 9.59 Å². The summed E-state index contributed by atoms with van der Waals surface area (Å²) in [5.74, 6) is 0.461. The summed E-state index contributed by atoms with van der Waals surface area (Å²) in [6.45, 7) is 6.59. The Hall–Kier alpha value is -2.63. The second-order valence-corrected chi connectivity index (χ2v) is 6.07. The zero-order valence-corrected chi connectivity index (χ0v) is 13.9. The van der Waals surface area contributed by atoms with Gasteiger partial charge in [0.05, 0.1) is 0 Å². The molecule has 6 heteroatoms. The van der Waals surface area contributed by atoms with E-state index in [1.165, 1.54) is 0 Å². The summed E-state index contributed by atoms with van der Waals surface area (Å²) >= 11 is 0. The highest BCUT2D eigenvalue weighted by Gasteiger charge is 2.21. The van der Waals surface area contributed by atoms with Gasteiger partial charge in [-0.3, -0.25) is 9.59 Å². The van der Waals surface area contributed by atoms with Gasteiger partial charge in [0.25, 0.3) is 5.91 Å². The highest BCUT2D eigenvalue weighted by molar-refractivity contribution is 5.98. The normalized spacial score (nSPS) is 10.8. The summed E-state index contributed by atoms with van der Waals surface area (Å²) in [7, 11) is 1.78. The number of carbonyl (C=O) groups is 2. The molecule has 0 aliphatic heterocycles. The fourth-order valence-corrected chi connectivity index (χ4v) is 2.47. The molecule has 122 valence electrons. The number of hydrogen-bond acceptors (Lipinski definition) is 3. The van der Waals surface area contributed by atoms with E-state index < -0.39 is 5.91 Å². The summed E-state index contributed by atoms with van der Waals surface area (Å²) in [5.41, 5.74) is 7.47. The molecule has 1 aromatic heterocycles. The van der Waals surface area contributed by atoms with Crippen LogP contribution >= 0.6 is 0 Å². The summed E-state index contributed by atoms with van der Waals surface area (Å²) in [6, 6.07) is 6.76.